The van der Waals surface area contributed by atoms with Crippen molar-refractivity contribution in [2.75, 3.05) is 26.5 Å². The number of sulfonamides is 1. The van der Waals surface area contributed by atoms with Crippen LogP contribution in [0.5, 0.6) is 5.75 Å². The summed E-state index contributed by atoms with van der Waals surface area (Å²) in [5.74, 6) is -0.0330. The number of anilines is 1. The van der Waals surface area contributed by atoms with Crippen LogP contribution in [-0.2, 0) is 10.0 Å². The molecule has 0 unspecified atom stereocenters. The molecule has 29 heavy (non-hydrogen) atoms. The van der Waals surface area contributed by atoms with Crippen molar-refractivity contribution in [2.45, 2.75) is 18.7 Å². The number of methoxy groups -OCH3 is 1. The molecule has 0 fully saturated rings. The smallest absolute Gasteiger partial charge is 0.257 e. The number of benzene rings is 2. The third-order valence-electron chi connectivity index (χ3n) is 4.60. The number of hydrogen-bond acceptors (Lipinski definition) is 5. The first kappa shape index (κ1) is 20.8. The summed E-state index contributed by atoms with van der Waals surface area (Å²) in [4.78, 5) is 17.5. The zero-order valence-electron chi connectivity index (χ0n) is 17.0. The Morgan fingerprint density at radius 3 is 2.45 bits per heavy atom. The molecule has 2 aromatic carbocycles. The summed E-state index contributed by atoms with van der Waals surface area (Å²) >= 11 is 0. The van der Waals surface area contributed by atoms with Gasteiger partial charge >= 0.3 is 0 Å². The minimum Gasteiger partial charge on any atom is -0.495 e. The second-order valence-electron chi connectivity index (χ2n) is 6.92. The van der Waals surface area contributed by atoms with E-state index in [0.717, 1.165) is 20.8 Å². The van der Waals surface area contributed by atoms with Gasteiger partial charge in [0, 0.05) is 19.5 Å². The molecule has 0 radical (unpaired) electrons. The Kier molecular flexibility index (Phi) is 5.59. The van der Waals surface area contributed by atoms with Gasteiger partial charge in [0.15, 0.2) is 0 Å². The number of ether oxygens (including phenoxy) is 1. The summed E-state index contributed by atoms with van der Waals surface area (Å²) in [6.07, 6.45) is 0. The number of carbonyl (C=O) groups is 1. The van der Waals surface area contributed by atoms with Crippen LogP contribution in [0.25, 0.3) is 10.9 Å². The molecule has 0 spiro atoms. The fourth-order valence-electron chi connectivity index (χ4n) is 2.97. The van der Waals surface area contributed by atoms with Crippen molar-refractivity contribution in [3.63, 3.8) is 0 Å². The van der Waals surface area contributed by atoms with Gasteiger partial charge in [-0.1, -0.05) is 11.6 Å². The summed E-state index contributed by atoms with van der Waals surface area (Å²) in [5.41, 5.74) is 3.13. The highest BCUT2D eigenvalue weighted by Crippen LogP contribution is 2.29. The van der Waals surface area contributed by atoms with Gasteiger partial charge in [0.1, 0.15) is 5.75 Å². The molecule has 1 aromatic heterocycles. The normalized spacial score (nSPS) is 11.7. The molecule has 3 aromatic rings. The number of carbonyl (C=O) groups excluding carboxylic acids is 1. The highest BCUT2D eigenvalue weighted by Gasteiger charge is 2.21. The van der Waals surface area contributed by atoms with Crippen molar-refractivity contribution in [1.29, 1.82) is 0 Å². The quantitative estimate of drug-likeness (QED) is 0.693. The second-order valence-corrected chi connectivity index (χ2v) is 9.07. The maximum Gasteiger partial charge on any atom is 0.257 e. The maximum atomic E-state index is 13.0. The average molecular weight is 413 g/mol. The number of aromatic nitrogens is 1. The fourth-order valence-corrected chi connectivity index (χ4v) is 3.90. The summed E-state index contributed by atoms with van der Waals surface area (Å²) in [5, 5.41) is 3.62. The fraction of sp³-hybridized carbons (Fsp3) is 0.238. The lowest BCUT2D eigenvalue weighted by molar-refractivity contribution is 0.102. The van der Waals surface area contributed by atoms with Gasteiger partial charge in [-0.05, 0) is 50.2 Å². The number of nitrogens with one attached hydrogen (secondary N) is 1. The van der Waals surface area contributed by atoms with Crippen LogP contribution in [0.3, 0.4) is 0 Å². The van der Waals surface area contributed by atoms with Crippen molar-refractivity contribution >= 4 is 32.5 Å². The van der Waals surface area contributed by atoms with Crippen LogP contribution in [0, 0.1) is 13.8 Å². The number of aryl methyl sites for hydroxylation is 2. The minimum atomic E-state index is -3.65. The van der Waals surface area contributed by atoms with Crippen LogP contribution in [0.15, 0.2) is 47.4 Å². The largest absolute Gasteiger partial charge is 0.495 e. The molecular formula is C21H23N3O4S. The van der Waals surface area contributed by atoms with Crippen LogP contribution in [-0.4, -0.2) is 44.8 Å². The van der Waals surface area contributed by atoms with Gasteiger partial charge < -0.3 is 10.1 Å². The van der Waals surface area contributed by atoms with E-state index in [1.165, 1.54) is 39.4 Å². The Hall–Kier alpha value is -2.97. The number of amides is 1. The topological polar surface area (TPSA) is 88.6 Å². The van der Waals surface area contributed by atoms with Gasteiger partial charge in [0.05, 0.1) is 34.5 Å². The predicted octanol–water partition coefficient (Wildman–Crippen LogP) is 3.36. The van der Waals surface area contributed by atoms with Gasteiger partial charge in [-0.2, -0.15) is 0 Å². The molecule has 0 saturated heterocycles. The van der Waals surface area contributed by atoms with Gasteiger partial charge in [0.2, 0.25) is 10.0 Å². The monoisotopic (exact) mass is 413 g/mol. The van der Waals surface area contributed by atoms with Crippen molar-refractivity contribution in [3.05, 3.63) is 59.3 Å². The second kappa shape index (κ2) is 7.81. The van der Waals surface area contributed by atoms with Crippen molar-refractivity contribution in [3.8, 4) is 5.75 Å². The Morgan fingerprint density at radius 1 is 1.07 bits per heavy atom. The molecule has 1 amide bonds. The zero-order chi connectivity index (χ0) is 21.3. The van der Waals surface area contributed by atoms with Crippen LogP contribution >= 0.6 is 0 Å². The maximum absolute atomic E-state index is 13.0. The third-order valence-corrected chi connectivity index (χ3v) is 6.41. The van der Waals surface area contributed by atoms with E-state index in [1.54, 1.807) is 13.0 Å². The van der Waals surface area contributed by atoms with Gasteiger partial charge in [0.25, 0.3) is 5.91 Å². The lowest BCUT2D eigenvalue weighted by atomic mass is 10.1. The Labute approximate surface area is 170 Å². The molecule has 7 nitrogen and oxygen atoms in total. The van der Waals surface area contributed by atoms with Crippen molar-refractivity contribution in [2.24, 2.45) is 0 Å². The predicted molar refractivity (Wildman–Crippen MR) is 113 cm³/mol. The summed E-state index contributed by atoms with van der Waals surface area (Å²) < 4.78 is 31.3. The molecule has 0 bridgehead atoms. The third kappa shape index (κ3) is 4.08. The van der Waals surface area contributed by atoms with E-state index in [4.69, 9.17) is 4.74 Å². The van der Waals surface area contributed by atoms with Gasteiger partial charge in [-0.25, -0.2) is 12.7 Å². The number of fused-ring (bicyclic) bond motifs is 1. The molecule has 0 aliphatic carbocycles. The lowest BCUT2D eigenvalue weighted by Gasteiger charge is -2.15. The first-order chi connectivity index (χ1) is 13.6. The van der Waals surface area contributed by atoms with E-state index in [2.05, 4.69) is 10.3 Å². The van der Waals surface area contributed by atoms with Crippen LogP contribution in [0.4, 0.5) is 5.69 Å². The first-order valence-corrected chi connectivity index (χ1v) is 10.4. The van der Waals surface area contributed by atoms with Crippen LogP contribution in [0.2, 0.25) is 0 Å². The molecule has 0 aliphatic rings. The number of hydrogen-bond donors (Lipinski definition) is 1. The summed E-state index contributed by atoms with van der Waals surface area (Å²) in [6.45, 7) is 3.74. The van der Waals surface area contributed by atoms with Crippen molar-refractivity contribution < 1.29 is 17.9 Å². The Morgan fingerprint density at radius 2 is 1.79 bits per heavy atom. The van der Waals surface area contributed by atoms with Crippen LogP contribution in [0.1, 0.15) is 21.6 Å². The average Bonchev–Trinajstić information content (AvgIpc) is 2.67. The van der Waals surface area contributed by atoms with E-state index >= 15 is 0 Å². The highest BCUT2D eigenvalue weighted by molar-refractivity contribution is 7.89. The standard InChI is InChI=1S/C21H23N3O4S/c1-13-6-8-18-15(10-13)11-17(14(2)22-18)21(25)23-19-12-16(7-9-20(19)28-5)29(26,27)24(3)4/h6-12H,1-5H3,(H,23,25). The molecule has 1 heterocycles. The van der Waals surface area contributed by atoms with E-state index in [1.807, 2.05) is 25.1 Å². The number of nitrogens with zero attached hydrogens (tertiary/aromatic N) is 2. The van der Waals surface area contributed by atoms with Gasteiger partial charge in [-0.3, -0.25) is 9.78 Å². The van der Waals surface area contributed by atoms with Crippen molar-refractivity contribution in [1.82, 2.24) is 9.29 Å². The summed E-state index contributed by atoms with van der Waals surface area (Å²) in [6, 6.07) is 12.0. The number of rotatable bonds is 5. The molecule has 8 heteroatoms. The Bertz CT molecular complexity index is 1200. The molecule has 3 rings (SSSR count). The minimum absolute atomic E-state index is 0.0579. The van der Waals surface area contributed by atoms with E-state index < -0.39 is 15.9 Å². The first-order valence-electron chi connectivity index (χ1n) is 8.93. The van der Waals surface area contributed by atoms with Crippen LogP contribution < -0.4 is 10.1 Å². The summed E-state index contributed by atoms with van der Waals surface area (Å²) in [7, 11) is 0.699. The van der Waals surface area contributed by atoms with E-state index in [9.17, 15) is 13.2 Å². The molecule has 152 valence electrons. The molecule has 0 saturated carbocycles. The molecular weight excluding hydrogens is 390 g/mol. The van der Waals surface area contributed by atoms with Gasteiger partial charge in [-0.15, -0.1) is 0 Å². The number of pyridine rings is 1. The highest BCUT2D eigenvalue weighted by atomic mass is 32.2. The molecule has 0 aliphatic heterocycles. The SMILES string of the molecule is COc1ccc(S(=O)(=O)N(C)C)cc1NC(=O)c1cc2cc(C)ccc2nc1C. The lowest BCUT2D eigenvalue weighted by Crippen LogP contribution is -2.22. The zero-order valence-corrected chi connectivity index (χ0v) is 17.8. The van der Waals surface area contributed by atoms with E-state index in [-0.39, 0.29) is 10.6 Å². The Balaban J connectivity index is 2.02. The van der Waals surface area contributed by atoms with E-state index in [0.29, 0.717) is 17.0 Å². The molecule has 1 N–H and O–H groups in total. The molecule has 0 atom stereocenters.